The molecule has 0 amide bonds. The van der Waals surface area contributed by atoms with Gasteiger partial charge in [0.05, 0.1) is 11.0 Å². The summed E-state index contributed by atoms with van der Waals surface area (Å²) in [7, 11) is -4.51. The fraction of sp³-hybridized carbons (Fsp3) is 0.300. The molecule has 3 N–H and O–H groups in total. The van der Waals surface area contributed by atoms with Gasteiger partial charge in [-0.2, -0.15) is 0 Å². The monoisotopic (exact) mass is 373 g/mol. The van der Waals surface area contributed by atoms with Crippen molar-refractivity contribution in [2.24, 2.45) is 0 Å². The van der Waals surface area contributed by atoms with E-state index in [4.69, 9.17) is 5.11 Å². The van der Waals surface area contributed by atoms with Gasteiger partial charge in [-0.1, -0.05) is 0 Å². The molecule has 1 atom stereocenters. The molecule has 0 aliphatic carbocycles. The largest absolute Gasteiger partial charge is 0.479 e. The molecule has 0 heterocycles. The average Bonchev–Trinajstić information content (AvgIpc) is 2.31. The zero-order chi connectivity index (χ0) is 15.7. The van der Waals surface area contributed by atoms with Gasteiger partial charge in [-0.3, -0.25) is 0 Å². The van der Waals surface area contributed by atoms with Gasteiger partial charge in [0.25, 0.3) is 0 Å². The topological polar surface area (TPSA) is 104 Å². The van der Waals surface area contributed by atoms with Crippen LogP contribution in [0.5, 0.6) is 0 Å². The summed E-state index contributed by atoms with van der Waals surface area (Å²) in [6.07, 6.45) is 0. The fourth-order valence-corrected chi connectivity index (χ4v) is 2.62. The Morgan fingerprint density at radius 3 is 2.45 bits per heavy atom. The Balaban J connectivity index is 3.07. The molecule has 0 spiro atoms. The van der Waals surface area contributed by atoms with E-state index in [2.05, 4.69) is 15.9 Å². The Morgan fingerprint density at radius 1 is 1.40 bits per heavy atom. The van der Waals surface area contributed by atoms with Gasteiger partial charge in [0, 0.05) is 0 Å². The fourth-order valence-electron chi connectivity index (χ4n) is 1.10. The average molecular weight is 374 g/mol. The Morgan fingerprint density at radius 2 is 1.95 bits per heavy atom. The molecule has 0 aromatic heterocycles. The molecule has 0 fully saturated rings. The predicted octanol–water partition coefficient (Wildman–Crippen LogP) is 0.841. The van der Waals surface area contributed by atoms with Gasteiger partial charge in [-0.15, -0.1) is 0 Å². The highest BCUT2D eigenvalue weighted by molar-refractivity contribution is 9.10. The third kappa shape index (κ3) is 3.72. The number of aliphatic hydroxyl groups is 1. The van der Waals surface area contributed by atoms with Crippen molar-refractivity contribution in [1.82, 2.24) is 4.72 Å². The maximum absolute atomic E-state index is 13.5. The molecule has 0 saturated carbocycles. The molecule has 0 aliphatic rings. The van der Waals surface area contributed by atoms with E-state index in [1.54, 1.807) is 4.72 Å². The Labute approximate surface area is 121 Å². The molecule has 1 aromatic carbocycles. The van der Waals surface area contributed by atoms with Gasteiger partial charge in [0.15, 0.2) is 5.60 Å². The lowest BCUT2D eigenvalue weighted by molar-refractivity contribution is -0.155. The van der Waals surface area contributed by atoms with E-state index in [0.29, 0.717) is 12.1 Å². The number of hydrogen-bond donors (Lipinski definition) is 3. The van der Waals surface area contributed by atoms with Crippen LogP contribution >= 0.6 is 15.9 Å². The van der Waals surface area contributed by atoms with Crippen LogP contribution in [0.1, 0.15) is 6.92 Å². The van der Waals surface area contributed by atoms with Gasteiger partial charge in [-0.25, -0.2) is 26.7 Å². The number of benzene rings is 1. The molecule has 10 heteroatoms. The highest BCUT2D eigenvalue weighted by atomic mass is 79.9. The van der Waals surface area contributed by atoms with Gasteiger partial charge in [0.2, 0.25) is 10.0 Å². The van der Waals surface area contributed by atoms with E-state index in [1.807, 2.05) is 0 Å². The number of halogens is 3. The summed E-state index contributed by atoms with van der Waals surface area (Å²) in [5.41, 5.74) is -2.38. The van der Waals surface area contributed by atoms with Crippen LogP contribution < -0.4 is 4.72 Å². The Hall–Kier alpha value is -1.10. The second-order valence-corrected chi connectivity index (χ2v) is 6.69. The zero-order valence-corrected chi connectivity index (χ0v) is 12.4. The molecule has 0 radical (unpaired) electrons. The van der Waals surface area contributed by atoms with Crippen LogP contribution in [0, 0.1) is 11.6 Å². The first kappa shape index (κ1) is 17.0. The van der Waals surface area contributed by atoms with Gasteiger partial charge >= 0.3 is 5.97 Å². The minimum Gasteiger partial charge on any atom is -0.479 e. The highest BCUT2D eigenvalue weighted by Crippen LogP contribution is 2.23. The minimum atomic E-state index is -4.51. The van der Waals surface area contributed by atoms with E-state index in [9.17, 15) is 27.1 Å². The molecule has 1 aromatic rings. The van der Waals surface area contributed by atoms with Crippen LogP contribution in [-0.2, 0) is 14.8 Å². The first-order chi connectivity index (χ1) is 8.97. The van der Waals surface area contributed by atoms with Crippen molar-refractivity contribution in [2.45, 2.75) is 17.4 Å². The standard InChI is InChI=1S/C10H10BrF2NO5S/c1-10(17,9(15)16)4-14-20(18,19)8-3-6(12)5(11)2-7(8)13/h2-3,14,17H,4H2,1H3,(H,15,16). The third-order valence-corrected chi connectivity index (χ3v) is 4.36. The van der Waals surface area contributed by atoms with E-state index >= 15 is 0 Å². The number of hydrogen-bond acceptors (Lipinski definition) is 4. The van der Waals surface area contributed by atoms with Crippen LogP contribution in [-0.4, -0.2) is 36.7 Å². The molecule has 0 saturated heterocycles. The number of sulfonamides is 1. The maximum atomic E-state index is 13.5. The van der Waals surface area contributed by atoms with Gasteiger partial charge < -0.3 is 10.2 Å². The quantitative estimate of drug-likeness (QED) is 0.663. The number of carboxylic acids is 1. The first-order valence-electron chi connectivity index (χ1n) is 5.07. The minimum absolute atomic E-state index is 0.258. The van der Waals surface area contributed by atoms with Crippen LogP contribution in [0.25, 0.3) is 0 Å². The number of carboxylic acid groups (broad SMARTS) is 1. The molecular formula is C10H10BrF2NO5S. The summed E-state index contributed by atoms with van der Waals surface area (Å²) in [5.74, 6) is -3.89. The summed E-state index contributed by atoms with van der Waals surface area (Å²) >= 11 is 2.69. The van der Waals surface area contributed by atoms with Crippen molar-refractivity contribution in [1.29, 1.82) is 0 Å². The lowest BCUT2D eigenvalue weighted by atomic mass is 10.1. The van der Waals surface area contributed by atoms with Crippen LogP contribution in [0.15, 0.2) is 21.5 Å². The van der Waals surface area contributed by atoms with Crippen molar-refractivity contribution in [3.63, 3.8) is 0 Å². The second kappa shape index (κ2) is 5.72. The van der Waals surface area contributed by atoms with E-state index in [1.165, 1.54) is 0 Å². The van der Waals surface area contributed by atoms with Crippen molar-refractivity contribution >= 4 is 31.9 Å². The summed E-state index contributed by atoms with van der Waals surface area (Å²) in [4.78, 5) is 9.63. The molecule has 1 rings (SSSR count). The summed E-state index contributed by atoms with van der Waals surface area (Å²) in [5, 5.41) is 18.0. The molecule has 6 nitrogen and oxygen atoms in total. The van der Waals surface area contributed by atoms with Gasteiger partial charge in [-0.05, 0) is 35.0 Å². The molecule has 1 unspecified atom stereocenters. The third-order valence-electron chi connectivity index (χ3n) is 2.33. The molecular weight excluding hydrogens is 364 g/mol. The number of aliphatic carboxylic acids is 1. The van der Waals surface area contributed by atoms with Gasteiger partial charge in [0.1, 0.15) is 16.5 Å². The van der Waals surface area contributed by atoms with Crippen LogP contribution in [0.4, 0.5) is 8.78 Å². The first-order valence-corrected chi connectivity index (χ1v) is 7.35. The number of rotatable bonds is 5. The Bertz CT molecular complexity index is 647. The maximum Gasteiger partial charge on any atom is 0.336 e. The SMILES string of the molecule is CC(O)(CNS(=O)(=O)c1cc(F)c(Br)cc1F)C(=O)O. The zero-order valence-electron chi connectivity index (χ0n) is 10.0. The summed E-state index contributed by atoms with van der Waals surface area (Å²) in [6, 6.07) is 1.07. The van der Waals surface area contributed by atoms with Crippen LogP contribution in [0.3, 0.4) is 0 Å². The molecule has 0 aliphatic heterocycles. The highest BCUT2D eigenvalue weighted by Gasteiger charge is 2.32. The summed E-state index contributed by atoms with van der Waals surface area (Å²) in [6.45, 7) is -0.0435. The number of carbonyl (C=O) groups is 1. The smallest absolute Gasteiger partial charge is 0.336 e. The van der Waals surface area contributed by atoms with Crippen LogP contribution in [0.2, 0.25) is 0 Å². The second-order valence-electron chi connectivity index (χ2n) is 4.10. The molecule has 20 heavy (non-hydrogen) atoms. The van der Waals surface area contributed by atoms with Crippen molar-refractivity contribution in [3.05, 3.63) is 28.2 Å². The summed E-state index contributed by atoms with van der Waals surface area (Å²) < 4.78 is 51.7. The van der Waals surface area contributed by atoms with E-state index in [-0.39, 0.29) is 4.47 Å². The van der Waals surface area contributed by atoms with E-state index < -0.39 is 44.7 Å². The lowest BCUT2D eigenvalue weighted by Gasteiger charge is -2.18. The predicted molar refractivity (Wildman–Crippen MR) is 67.5 cm³/mol. The van der Waals surface area contributed by atoms with E-state index in [0.717, 1.165) is 6.92 Å². The molecule has 0 bridgehead atoms. The Kier molecular flexibility index (Phi) is 4.85. The number of nitrogens with one attached hydrogen (secondary N) is 1. The normalized spacial score (nSPS) is 14.8. The molecule has 112 valence electrons. The van der Waals surface area contributed by atoms with Crippen molar-refractivity contribution in [3.8, 4) is 0 Å². The lowest BCUT2D eigenvalue weighted by Crippen LogP contribution is -2.46. The van der Waals surface area contributed by atoms with Crippen molar-refractivity contribution < 1.29 is 32.2 Å². The van der Waals surface area contributed by atoms with Crippen molar-refractivity contribution in [2.75, 3.05) is 6.54 Å².